The quantitative estimate of drug-likeness (QED) is 0.516. The highest BCUT2D eigenvalue weighted by Crippen LogP contribution is 2.27. The van der Waals surface area contributed by atoms with Gasteiger partial charge < -0.3 is 5.32 Å². The Hall–Kier alpha value is -2.58. The molecule has 0 bridgehead atoms. The molecular weight excluding hydrogens is 328 g/mol. The zero-order valence-corrected chi connectivity index (χ0v) is 16.7. The summed E-state index contributed by atoms with van der Waals surface area (Å²) in [6.07, 6.45) is 0. The average molecular weight is 359 g/mol. The molecule has 0 aliphatic carbocycles. The molecule has 1 atom stereocenters. The van der Waals surface area contributed by atoms with E-state index in [4.69, 9.17) is 0 Å². The molecular formula is C25H30N2. The highest BCUT2D eigenvalue weighted by atomic mass is 15.1. The number of aryl methyl sites for hydroxylation is 1. The van der Waals surface area contributed by atoms with Crippen molar-refractivity contribution < 1.29 is 0 Å². The van der Waals surface area contributed by atoms with Gasteiger partial charge in [-0.25, -0.2) is 0 Å². The highest BCUT2D eigenvalue weighted by Gasteiger charge is 2.15. The molecule has 0 saturated heterocycles. The molecule has 0 aliphatic rings. The van der Waals surface area contributed by atoms with Crippen molar-refractivity contribution in [3.63, 3.8) is 0 Å². The molecule has 0 saturated carbocycles. The molecule has 0 amide bonds. The Morgan fingerprint density at radius 2 is 1.48 bits per heavy atom. The number of nitrogens with one attached hydrogen (secondary N) is 1. The van der Waals surface area contributed by atoms with Crippen LogP contribution in [0.1, 0.15) is 42.1 Å². The van der Waals surface area contributed by atoms with Crippen molar-refractivity contribution in [1.82, 2.24) is 4.90 Å². The van der Waals surface area contributed by atoms with Crippen molar-refractivity contribution >= 4 is 5.69 Å². The van der Waals surface area contributed by atoms with Gasteiger partial charge in [0, 0.05) is 24.8 Å². The van der Waals surface area contributed by atoms with Crippen LogP contribution in [0.25, 0.3) is 0 Å². The van der Waals surface area contributed by atoms with E-state index in [1.807, 2.05) is 0 Å². The van der Waals surface area contributed by atoms with Crippen LogP contribution in [0.2, 0.25) is 0 Å². The van der Waals surface area contributed by atoms with E-state index in [2.05, 4.69) is 110 Å². The SMILES string of the molecule is CCN(Cc1ccccc1)[C@H](C)c1ccc(C)c(NCc2ccccc2)c1. The van der Waals surface area contributed by atoms with E-state index in [0.717, 1.165) is 19.6 Å². The molecule has 2 heteroatoms. The summed E-state index contributed by atoms with van der Waals surface area (Å²) in [7, 11) is 0. The molecule has 0 aliphatic heterocycles. The molecule has 0 radical (unpaired) electrons. The summed E-state index contributed by atoms with van der Waals surface area (Å²) < 4.78 is 0. The lowest BCUT2D eigenvalue weighted by Crippen LogP contribution is -2.26. The van der Waals surface area contributed by atoms with Crippen molar-refractivity contribution in [3.8, 4) is 0 Å². The van der Waals surface area contributed by atoms with Gasteiger partial charge in [-0.15, -0.1) is 0 Å². The summed E-state index contributed by atoms with van der Waals surface area (Å²) in [6, 6.07) is 28.5. The Labute approximate surface area is 163 Å². The van der Waals surface area contributed by atoms with Crippen LogP contribution in [0.4, 0.5) is 5.69 Å². The summed E-state index contributed by atoms with van der Waals surface area (Å²) >= 11 is 0. The standard InChI is InChI=1S/C25H30N2/c1-4-27(19-23-13-9-6-10-14-23)21(3)24-16-15-20(2)25(17-24)26-18-22-11-7-5-8-12-22/h5-17,21,26H,4,18-19H2,1-3H3/t21-/m1/s1. The second-order valence-electron chi connectivity index (χ2n) is 7.14. The predicted molar refractivity (Wildman–Crippen MR) is 116 cm³/mol. The number of rotatable bonds is 8. The van der Waals surface area contributed by atoms with Crippen molar-refractivity contribution in [3.05, 3.63) is 101 Å². The van der Waals surface area contributed by atoms with Gasteiger partial charge in [0.25, 0.3) is 0 Å². The minimum atomic E-state index is 0.369. The van der Waals surface area contributed by atoms with Crippen LogP contribution >= 0.6 is 0 Å². The number of hydrogen-bond acceptors (Lipinski definition) is 2. The van der Waals surface area contributed by atoms with E-state index >= 15 is 0 Å². The van der Waals surface area contributed by atoms with Gasteiger partial charge in [0.1, 0.15) is 0 Å². The normalized spacial score (nSPS) is 12.1. The molecule has 3 aromatic carbocycles. The van der Waals surface area contributed by atoms with Gasteiger partial charge in [-0.1, -0.05) is 79.7 Å². The van der Waals surface area contributed by atoms with Gasteiger partial charge >= 0.3 is 0 Å². The molecule has 3 rings (SSSR count). The van der Waals surface area contributed by atoms with Crippen LogP contribution in [-0.4, -0.2) is 11.4 Å². The predicted octanol–water partition coefficient (Wildman–Crippen LogP) is 6.19. The fourth-order valence-electron chi connectivity index (χ4n) is 3.43. The lowest BCUT2D eigenvalue weighted by atomic mass is 10.0. The van der Waals surface area contributed by atoms with Gasteiger partial charge in [0.15, 0.2) is 0 Å². The fraction of sp³-hybridized carbons (Fsp3) is 0.280. The number of benzene rings is 3. The second-order valence-corrected chi connectivity index (χ2v) is 7.14. The third-order valence-electron chi connectivity index (χ3n) is 5.25. The maximum Gasteiger partial charge on any atom is 0.0400 e. The zero-order valence-electron chi connectivity index (χ0n) is 16.7. The Morgan fingerprint density at radius 1 is 0.852 bits per heavy atom. The van der Waals surface area contributed by atoms with E-state index in [9.17, 15) is 0 Å². The Kier molecular flexibility index (Phi) is 6.67. The van der Waals surface area contributed by atoms with Crippen molar-refractivity contribution in [2.75, 3.05) is 11.9 Å². The van der Waals surface area contributed by atoms with E-state index in [-0.39, 0.29) is 0 Å². The van der Waals surface area contributed by atoms with Gasteiger partial charge in [0.05, 0.1) is 0 Å². The first-order valence-electron chi connectivity index (χ1n) is 9.83. The van der Waals surface area contributed by atoms with Crippen LogP contribution in [0.3, 0.4) is 0 Å². The average Bonchev–Trinajstić information content (AvgIpc) is 2.72. The van der Waals surface area contributed by atoms with Crippen LogP contribution in [-0.2, 0) is 13.1 Å². The topological polar surface area (TPSA) is 15.3 Å². The largest absolute Gasteiger partial charge is 0.381 e. The van der Waals surface area contributed by atoms with Crippen LogP contribution in [0, 0.1) is 6.92 Å². The van der Waals surface area contributed by atoms with Crippen LogP contribution in [0.5, 0.6) is 0 Å². The summed E-state index contributed by atoms with van der Waals surface area (Å²) in [4.78, 5) is 2.51. The fourth-order valence-corrected chi connectivity index (χ4v) is 3.43. The van der Waals surface area contributed by atoms with E-state index in [1.54, 1.807) is 0 Å². The number of anilines is 1. The minimum absolute atomic E-state index is 0.369. The molecule has 0 spiro atoms. The molecule has 27 heavy (non-hydrogen) atoms. The van der Waals surface area contributed by atoms with Crippen LogP contribution in [0.15, 0.2) is 78.9 Å². The van der Waals surface area contributed by atoms with E-state index in [1.165, 1.54) is 27.9 Å². The maximum atomic E-state index is 3.61. The molecule has 0 unspecified atom stereocenters. The van der Waals surface area contributed by atoms with Crippen LogP contribution < -0.4 is 5.32 Å². The lowest BCUT2D eigenvalue weighted by Gasteiger charge is -2.29. The first-order chi connectivity index (χ1) is 13.2. The number of hydrogen-bond donors (Lipinski definition) is 1. The first-order valence-corrected chi connectivity index (χ1v) is 9.83. The molecule has 3 aromatic rings. The van der Waals surface area contributed by atoms with Gasteiger partial charge in [-0.05, 0) is 48.7 Å². The summed E-state index contributed by atoms with van der Waals surface area (Å²) in [5, 5.41) is 3.61. The van der Waals surface area contributed by atoms with Crippen molar-refractivity contribution in [1.29, 1.82) is 0 Å². The maximum absolute atomic E-state index is 3.61. The molecule has 2 nitrogen and oxygen atoms in total. The summed E-state index contributed by atoms with van der Waals surface area (Å²) in [5.41, 5.74) is 6.52. The molecule has 1 N–H and O–H groups in total. The minimum Gasteiger partial charge on any atom is -0.381 e. The Balaban J connectivity index is 1.73. The van der Waals surface area contributed by atoms with Crippen molar-refractivity contribution in [2.45, 2.75) is 39.9 Å². The Morgan fingerprint density at radius 3 is 2.11 bits per heavy atom. The monoisotopic (exact) mass is 358 g/mol. The van der Waals surface area contributed by atoms with Crippen molar-refractivity contribution in [2.24, 2.45) is 0 Å². The molecule has 0 heterocycles. The van der Waals surface area contributed by atoms with E-state index < -0.39 is 0 Å². The number of nitrogens with zero attached hydrogens (tertiary/aromatic N) is 1. The lowest BCUT2D eigenvalue weighted by molar-refractivity contribution is 0.213. The van der Waals surface area contributed by atoms with Gasteiger partial charge in [0.2, 0.25) is 0 Å². The first kappa shape index (κ1) is 19.2. The zero-order chi connectivity index (χ0) is 19.1. The van der Waals surface area contributed by atoms with E-state index in [0.29, 0.717) is 6.04 Å². The highest BCUT2D eigenvalue weighted by molar-refractivity contribution is 5.53. The molecule has 0 aromatic heterocycles. The van der Waals surface area contributed by atoms with Gasteiger partial charge in [-0.2, -0.15) is 0 Å². The summed E-state index contributed by atoms with van der Waals surface area (Å²) in [6.45, 7) is 9.56. The second kappa shape index (κ2) is 9.38. The third-order valence-corrected chi connectivity index (χ3v) is 5.25. The smallest absolute Gasteiger partial charge is 0.0400 e. The molecule has 0 fully saturated rings. The Bertz CT molecular complexity index is 827. The third kappa shape index (κ3) is 5.21. The summed E-state index contributed by atoms with van der Waals surface area (Å²) in [5.74, 6) is 0. The molecule has 140 valence electrons. The van der Waals surface area contributed by atoms with Gasteiger partial charge in [-0.3, -0.25) is 4.90 Å².